The van der Waals surface area contributed by atoms with Crippen LogP contribution in [0.25, 0.3) is 0 Å². The van der Waals surface area contributed by atoms with E-state index in [4.69, 9.17) is 39.2 Å². The Morgan fingerprint density at radius 1 is 0.667 bits per heavy atom. The van der Waals surface area contributed by atoms with Gasteiger partial charge in [-0.15, -0.1) is 70.6 Å². The average molecular weight is 691 g/mol. The number of carbonyl (C=O) groups is 2. The molecule has 0 aliphatic rings. The summed E-state index contributed by atoms with van der Waals surface area (Å²) in [5, 5.41) is 23.8. The number of aliphatic hydroxyl groups is 2. The van der Waals surface area contributed by atoms with E-state index in [9.17, 15) is 9.59 Å². The Bertz CT molecular complexity index is 633. The number of hydrogen-bond donors (Lipinski definition) is 4. The maximum Gasteiger partial charge on any atom is 0.408 e. The van der Waals surface area contributed by atoms with Gasteiger partial charge in [-0.25, -0.2) is 19.6 Å². The zero-order valence-electron chi connectivity index (χ0n) is 21.0. The molecular formula is C18H34N4O10S7. The Morgan fingerprint density at radius 2 is 1.23 bits per heavy atom. The van der Waals surface area contributed by atoms with Crippen molar-refractivity contribution in [2.24, 2.45) is 9.98 Å². The predicted molar refractivity (Wildman–Crippen MR) is 166 cm³/mol. The van der Waals surface area contributed by atoms with Crippen molar-refractivity contribution < 1.29 is 48.8 Å². The first-order valence-electron chi connectivity index (χ1n) is 10.8. The van der Waals surface area contributed by atoms with Crippen LogP contribution in [0.3, 0.4) is 0 Å². The summed E-state index contributed by atoms with van der Waals surface area (Å²) in [6, 6.07) is 0. The average Bonchev–Trinajstić information content (AvgIpc) is 2.93. The van der Waals surface area contributed by atoms with Gasteiger partial charge in [0.05, 0.1) is 35.4 Å². The van der Waals surface area contributed by atoms with Gasteiger partial charge in [0.25, 0.3) is 0 Å². The molecule has 0 aliphatic heterocycles. The third kappa shape index (κ3) is 33.9. The van der Waals surface area contributed by atoms with Crippen molar-refractivity contribution in [2.75, 3.05) is 82.2 Å². The molecule has 228 valence electrons. The van der Waals surface area contributed by atoms with Crippen molar-refractivity contribution in [3.8, 4) is 0 Å². The Labute approximate surface area is 257 Å². The van der Waals surface area contributed by atoms with Crippen molar-refractivity contribution in [1.29, 1.82) is 0 Å². The zero-order chi connectivity index (χ0) is 28.5. The van der Waals surface area contributed by atoms with E-state index in [1.54, 1.807) is 11.8 Å². The van der Waals surface area contributed by atoms with Gasteiger partial charge >= 0.3 is 12.2 Å². The zero-order valence-corrected chi connectivity index (χ0v) is 26.7. The van der Waals surface area contributed by atoms with E-state index < -0.39 is 12.2 Å². The molecule has 0 aromatic heterocycles. The van der Waals surface area contributed by atoms with E-state index in [1.807, 2.05) is 0 Å². The largest absolute Gasteiger partial charge is 0.449 e. The number of nitrogens with one attached hydrogen (secondary N) is 2. The molecule has 0 atom stereocenters. The number of thioether (sulfide) groups is 7. The number of hydrogen-bond acceptors (Lipinski definition) is 19. The molecule has 0 saturated heterocycles. The summed E-state index contributed by atoms with van der Waals surface area (Å²) in [6.45, 7) is 0.605. The minimum absolute atomic E-state index is 0.0444. The van der Waals surface area contributed by atoms with Crippen LogP contribution in [0.5, 0.6) is 0 Å². The molecule has 14 nitrogen and oxygen atoms in total. The van der Waals surface area contributed by atoms with Crippen LogP contribution >= 0.6 is 82.3 Å². The second-order valence-electron chi connectivity index (χ2n) is 5.74. The standard InChI is InChI=1S/C18H34N4O10S7/c23-11-36-15-38-13-28-18(26)22-10-35-7-19-5-30-29-2-4-33-3-1-27-17(25)21-9-34-8-20-6-31-32-14-39-16-37-12-24/h5-6,23-24H,1-4,7-16H2,(H,21,25)(H,22,26)/b19-5+,20-6+. The number of amides is 2. The number of alkyl carbamates (subject to hydrolysis) is 2. The molecule has 0 aliphatic carbocycles. The molecule has 4 N–H and O–H groups in total. The Hall–Kier alpha value is -0.230. The smallest absolute Gasteiger partial charge is 0.408 e. The van der Waals surface area contributed by atoms with E-state index in [1.165, 1.54) is 83.4 Å². The second kappa shape index (κ2) is 34.0. The van der Waals surface area contributed by atoms with Crippen LogP contribution < -0.4 is 10.6 Å². The van der Waals surface area contributed by atoms with Gasteiger partial charge in [-0.1, -0.05) is 0 Å². The molecule has 0 fully saturated rings. The summed E-state index contributed by atoms with van der Waals surface area (Å²) in [5.74, 6) is 3.40. The molecule has 0 radical (unpaired) electrons. The van der Waals surface area contributed by atoms with E-state index >= 15 is 0 Å². The number of ether oxygens (including phenoxy) is 2. The quantitative estimate of drug-likeness (QED) is 0.0235. The van der Waals surface area contributed by atoms with Crippen LogP contribution in [0.1, 0.15) is 0 Å². The highest BCUT2D eigenvalue weighted by Gasteiger charge is 2.02. The molecule has 2 amide bonds. The summed E-state index contributed by atoms with van der Waals surface area (Å²) < 4.78 is 9.98. The Morgan fingerprint density at radius 3 is 1.87 bits per heavy atom. The van der Waals surface area contributed by atoms with Crippen LogP contribution in [0.2, 0.25) is 0 Å². The summed E-state index contributed by atoms with van der Waals surface area (Å²) in [6.07, 6.45) is 1.36. The third-order valence-corrected chi connectivity index (χ3v) is 8.88. The molecule has 0 spiro atoms. The molecule has 0 rings (SSSR count). The van der Waals surface area contributed by atoms with E-state index in [2.05, 4.69) is 20.6 Å². The van der Waals surface area contributed by atoms with Gasteiger partial charge in [0.15, 0.2) is 0 Å². The first-order valence-corrected chi connectivity index (χ1v) is 18.9. The molecule has 0 unspecified atom stereocenters. The highest BCUT2D eigenvalue weighted by atomic mass is 32.2. The van der Waals surface area contributed by atoms with Crippen molar-refractivity contribution in [2.45, 2.75) is 0 Å². The highest BCUT2D eigenvalue weighted by molar-refractivity contribution is 8.16. The van der Waals surface area contributed by atoms with E-state index in [-0.39, 0.29) is 24.4 Å². The van der Waals surface area contributed by atoms with Crippen molar-refractivity contribution in [3.63, 3.8) is 0 Å². The normalized spacial score (nSPS) is 11.1. The topological polar surface area (TPSA) is 179 Å². The lowest BCUT2D eigenvalue weighted by Gasteiger charge is -2.06. The van der Waals surface area contributed by atoms with Crippen LogP contribution in [-0.4, -0.2) is 117 Å². The van der Waals surface area contributed by atoms with Crippen molar-refractivity contribution >= 4 is 107 Å². The van der Waals surface area contributed by atoms with Crippen LogP contribution in [0.15, 0.2) is 9.98 Å². The SMILES string of the molecule is O=C(NCSC/N=C/OOCSCSCO)OCCSCCOO/C=N/CSCNC(=O)OCSCSCO. The molecule has 0 heterocycles. The van der Waals surface area contributed by atoms with Gasteiger partial charge in [-0.05, 0) is 0 Å². The number of rotatable bonds is 28. The fourth-order valence-corrected chi connectivity index (χ4v) is 5.50. The highest BCUT2D eigenvalue weighted by Crippen LogP contribution is 2.11. The van der Waals surface area contributed by atoms with Gasteiger partial charge in [0.2, 0.25) is 12.8 Å². The van der Waals surface area contributed by atoms with E-state index in [0.717, 1.165) is 0 Å². The Balaban J connectivity index is 3.31. The summed E-state index contributed by atoms with van der Waals surface area (Å²) >= 11 is 9.84. The second-order valence-corrected chi connectivity index (χ2v) is 13.4. The first kappa shape index (κ1) is 38.8. The fraction of sp³-hybridized carbons (Fsp3) is 0.778. The van der Waals surface area contributed by atoms with Gasteiger partial charge in [-0.2, -0.15) is 21.5 Å². The van der Waals surface area contributed by atoms with Gasteiger partial charge in [-0.3, -0.25) is 0 Å². The van der Waals surface area contributed by atoms with Crippen LogP contribution in [0, 0.1) is 0 Å². The molecular weight excluding hydrogens is 657 g/mol. The summed E-state index contributed by atoms with van der Waals surface area (Å²) in [7, 11) is 0. The van der Waals surface area contributed by atoms with Gasteiger partial charge in [0.1, 0.15) is 25.1 Å². The molecule has 21 heteroatoms. The number of aliphatic imine (C=N–C) groups is 2. The maximum absolute atomic E-state index is 11.6. The monoisotopic (exact) mass is 690 g/mol. The number of carbonyl (C=O) groups excluding carboxylic acids is 2. The molecule has 0 saturated carbocycles. The molecule has 0 bridgehead atoms. The van der Waals surface area contributed by atoms with E-state index in [0.29, 0.717) is 57.7 Å². The molecule has 39 heavy (non-hydrogen) atoms. The molecule has 0 aromatic carbocycles. The third-order valence-electron chi connectivity index (χ3n) is 3.03. The van der Waals surface area contributed by atoms with Gasteiger partial charge in [0, 0.05) is 21.7 Å². The lowest BCUT2D eigenvalue weighted by molar-refractivity contribution is -0.210. The van der Waals surface area contributed by atoms with Gasteiger partial charge < -0.3 is 40.1 Å². The number of aliphatic hydroxyl groups excluding tert-OH is 2. The van der Waals surface area contributed by atoms with Crippen molar-refractivity contribution in [3.05, 3.63) is 0 Å². The first-order chi connectivity index (χ1) is 19.2. The van der Waals surface area contributed by atoms with Crippen LogP contribution in [0.4, 0.5) is 9.59 Å². The summed E-state index contributed by atoms with van der Waals surface area (Å²) in [4.78, 5) is 50.2. The summed E-state index contributed by atoms with van der Waals surface area (Å²) in [5.41, 5.74) is 0. The minimum Gasteiger partial charge on any atom is -0.449 e. The van der Waals surface area contributed by atoms with Crippen LogP contribution in [-0.2, 0) is 29.0 Å². The lowest BCUT2D eigenvalue weighted by Crippen LogP contribution is -2.24. The maximum atomic E-state index is 11.6. The molecule has 0 aromatic rings. The Kier molecular flexibility index (Phi) is 33.8. The minimum atomic E-state index is -0.508. The fourth-order valence-electron chi connectivity index (χ4n) is 1.56. The lowest BCUT2D eigenvalue weighted by atomic mass is 10.8. The number of nitrogens with zero attached hydrogens (tertiary/aromatic N) is 2. The van der Waals surface area contributed by atoms with Crippen molar-refractivity contribution in [1.82, 2.24) is 10.6 Å². The predicted octanol–water partition coefficient (Wildman–Crippen LogP) is 3.08.